The van der Waals surface area contributed by atoms with Crippen LogP contribution in [0.3, 0.4) is 0 Å². The predicted octanol–water partition coefficient (Wildman–Crippen LogP) is 17.4. The average molecular weight is 789 g/mol. The molecule has 1 aliphatic carbocycles. The van der Waals surface area contributed by atoms with E-state index in [1.54, 1.807) is 0 Å². The molecule has 8 rings (SSSR count). The summed E-state index contributed by atoms with van der Waals surface area (Å²) in [6, 6.07) is 66.2. The van der Waals surface area contributed by atoms with Crippen LogP contribution < -0.4 is 0 Å². The van der Waals surface area contributed by atoms with Gasteiger partial charge >= 0.3 is 0 Å². The van der Waals surface area contributed by atoms with Crippen molar-refractivity contribution in [2.75, 3.05) is 0 Å². The molecule has 7 aromatic rings. The molecule has 0 N–H and O–H groups in total. The normalized spacial score (nSPS) is 11.8. The van der Waals surface area contributed by atoms with Crippen molar-refractivity contribution in [3.05, 3.63) is 245 Å². The van der Waals surface area contributed by atoms with Crippen LogP contribution in [-0.4, -0.2) is 0 Å². The van der Waals surface area contributed by atoms with E-state index in [0.717, 1.165) is 5.92 Å². The number of benzene rings is 7. The van der Waals surface area contributed by atoms with Gasteiger partial charge < -0.3 is 0 Å². The topological polar surface area (TPSA) is 0 Å². The molecule has 0 aromatic heterocycles. The highest BCUT2D eigenvalue weighted by Gasteiger charge is 2.05. The maximum Gasteiger partial charge on any atom is -0.0184 e. The summed E-state index contributed by atoms with van der Waals surface area (Å²) < 4.78 is 0. The molecular weight excluding hydrogens is 721 g/mol. The summed E-state index contributed by atoms with van der Waals surface area (Å²) >= 11 is 0. The Morgan fingerprint density at radius 2 is 0.783 bits per heavy atom. The van der Waals surface area contributed by atoms with E-state index in [1.807, 2.05) is 24.3 Å². The standard InChI is InChI=1S/C16H20.C14H14.C13H12.C10H14.C7H8/c1-3-13(2)14-9-11-16(12-10-14)15-7-5-4-6-8-15;1-11-3-7-13(8-4-11)14-9-5-12(2)6-10-14;1-11-7-9-13(10-8-11)12-5-3-2-4-6-12;1-9(2)8-10-6-4-3-5-7-10;1-7-5-3-2-4-6-7/h5,7-13H,3-4,6H2,1-2H3;3-10H,1-2H3;2-10H,1H3;3-7,9H,8H2,1-2H3;2-6H,1H3. The summed E-state index contributed by atoms with van der Waals surface area (Å²) in [6.07, 6.45) is 11.6. The summed E-state index contributed by atoms with van der Waals surface area (Å²) in [5, 5.41) is 0. The predicted molar refractivity (Wildman–Crippen MR) is 266 cm³/mol. The van der Waals surface area contributed by atoms with E-state index in [-0.39, 0.29) is 0 Å². The number of hydrogen-bond acceptors (Lipinski definition) is 0. The fourth-order valence-corrected chi connectivity index (χ4v) is 6.56. The molecule has 0 aliphatic heterocycles. The Balaban J connectivity index is 0.000000169. The van der Waals surface area contributed by atoms with E-state index >= 15 is 0 Å². The summed E-state index contributed by atoms with van der Waals surface area (Å²) in [7, 11) is 0. The SMILES string of the molecule is CC(C)Cc1ccccc1.CCC(C)c1ccc(C2=CCCC=C2)cc1.Cc1ccc(-c2ccc(C)cc2)cc1.Cc1ccc(-c2ccccc2)cc1.Cc1ccccc1. The van der Waals surface area contributed by atoms with Crippen LogP contribution in [0, 0.1) is 33.6 Å². The lowest BCUT2D eigenvalue weighted by atomic mass is 9.94. The van der Waals surface area contributed by atoms with E-state index in [0.29, 0.717) is 5.92 Å². The van der Waals surface area contributed by atoms with Crippen molar-refractivity contribution in [3.63, 3.8) is 0 Å². The molecule has 0 spiro atoms. The van der Waals surface area contributed by atoms with Gasteiger partial charge in [0, 0.05) is 0 Å². The zero-order chi connectivity index (χ0) is 43.0. The van der Waals surface area contributed by atoms with Crippen LogP contribution in [0.2, 0.25) is 0 Å². The van der Waals surface area contributed by atoms with Gasteiger partial charge in [0.15, 0.2) is 0 Å². The molecule has 308 valence electrons. The fraction of sp³-hybridized carbons (Fsp3) is 0.233. The fourth-order valence-electron chi connectivity index (χ4n) is 6.56. The zero-order valence-electron chi connectivity index (χ0n) is 37.6. The molecule has 0 radical (unpaired) electrons. The van der Waals surface area contributed by atoms with Crippen LogP contribution >= 0.6 is 0 Å². The van der Waals surface area contributed by atoms with Crippen LogP contribution in [0.4, 0.5) is 0 Å². The van der Waals surface area contributed by atoms with Gasteiger partial charge in [0.1, 0.15) is 0 Å². The first-order chi connectivity index (χ1) is 29.1. The van der Waals surface area contributed by atoms with Gasteiger partial charge in [-0.05, 0) is 110 Å². The molecule has 0 nitrogen and oxygen atoms in total. The van der Waals surface area contributed by atoms with Crippen LogP contribution in [-0.2, 0) is 6.42 Å². The first-order valence-corrected chi connectivity index (χ1v) is 21.9. The Bertz CT molecular complexity index is 2180. The Kier molecular flexibility index (Phi) is 20.4. The summed E-state index contributed by atoms with van der Waals surface area (Å²) in [5.41, 5.74) is 16.0. The maximum absolute atomic E-state index is 2.33. The van der Waals surface area contributed by atoms with Crippen molar-refractivity contribution in [1.29, 1.82) is 0 Å². The highest BCUT2D eigenvalue weighted by Crippen LogP contribution is 2.25. The molecule has 0 heteroatoms. The summed E-state index contributed by atoms with van der Waals surface area (Å²) in [4.78, 5) is 0. The molecule has 1 aliphatic rings. The van der Waals surface area contributed by atoms with Gasteiger partial charge in [-0.3, -0.25) is 0 Å². The molecule has 0 heterocycles. The monoisotopic (exact) mass is 789 g/mol. The zero-order valence-corrected chi connectivity index (χ0v) is 37.6. The number of allylic oxidation sites excluding steroid dienone is 4. The third kappa shape index (κ3) is 17.5. The van der Waals surface area contributed by atoms with Crippen molar-refractivity contribution >= 4 is 5.57 Å². The van der Waals surface area contributed by atoms with E-state index in [1.165, 1.54) is 92.5 Å². The lowest BCUT2D eigenvalue weighted by Crippen LogP contribution is -1.92. The Hall–Kier alpha value is -5.98. The quantitative estimate of drug-likeness (QED) is 0.151. The second-order valence-electron chi connectivity index (χ2n) is 16.3. The first kappa shape index (κ1) is 46.7. The van der Waals surface area contributed by atoms with E-state index < -0.39 is 0 Å². The van der Waals surface area contributed by atoms with Gasteiger partial charge in [-0.2, -0.15) is 0 Å². The van der Waals surface area contributed by atoms with Crippen molar-refractivity contribution in [3.8, 4) is 22.3 Å². The minimum Gasteiger partial charge on any atom is -0.0836 e. The van der Waals surface area contributed by atoms with E-state index in [4.69, 9.17) is 0 Å². The molecule has 0 bridgehead atoms. The van der Waals surface area contributed by atoms with Crippen molar-refractivity contribution in [2.45, 2.75) is 87.0 Å². The third-order valence-electron chi connectivity index (χ3n) is 10.4. The Morgan fingerprint density at radius 1 is 0.400 bits per heavy atom. The molecule has 0 saturated heterocycles. The van der Waals surface area contributed by atoms with Gasteiger partial charge in [-0.15, -0.1) is 0 Å². The van der Waals surface area contributed by atoms with Gasteiger partial charge in [0.2, 0.25) is 0 Å². The molecule has 60 heavy (non-hydrogen) atoms. The third-order valence-corrected chi connectivity index (χ3v) is 10.4. The lowest BCUT2D eigenvalue weighted by molar-refractivity contribution is 0.647. The minimum absolute atomic E-state index is 0.671. The highest BCUT2D eigenvalue weighted by atomic mass is 14.1. The lowest BCUT2D eigenvalue weighted by Gasteiger charge is -2.11. The van der Waals surface area contributed by atoms with Crippen LogP contribution in [0.15, 0.2) is 206 Å². The van der Waals surface area contributed by atoms with Gasteiger partial charge in [-0.1, -0.05) is 256 Å². The number of rotatable bonds is 7. The Labute approximate surface area is 364 Å². The van der Waals surface area contributed by atoms with Gasteiger partial charge in [0.25, 0.3) is 0 Å². The maximum atomic E-state index is 2.33. The summed E-state index contributed by atoms with van der Waals surface area (Å²) in [6.45, 7) is 17.4. The highest BCUT2D eigenvalue weighted by molar-refractivity contribution is 5.74. The molecule has 1 atom stereocenters. The van der Waals surface area contributed by atoms with E-state index in [9.17, 15) is 0 Å². The molecule has 1 unspecified atom stereocenters. The van der Waals surface area contributed by atoms with Crippen LogP contribution in [0.25, 0.3) is 27.8 Å². The molecule has 0 fully saturated rings. The van der Waals surface area contributed by atoms with E-state index in [2.05, 4.69) is 237 Å². The second-order valence-corrected chi connectivity index (χ2v) is 16.3. The molecule has 0 amide bonds. The number of aryl methyl sites for hydroxylation is 4. The van der Waals surface area contributed by atoms with Crippen LogP contribution in [0.1, 0.15) is 91.8 Å². The largest absolute Gasteiger partial charge is 0.0836 e. The molecule has 7 aromatic carbocycles. The summed E-state index contributed by atoms with van der Waals surface area (Å²) in [5.74, 6) is 1.44. The van der Waals surface area contributed by atoms with Crippen molar-refractivity contribution in [2.24, 2.45) is 5.92 Å². The van der Waals surface area contributed by atoms with Crippen molar-refractivity contribution < 1.29 is 0 Å². The Morgan fingerprint density at radius 3 is 1.15 bits per heavy atom. The second kappa shape index (κ2) is 26.2. The number of hydrogen-bond donors (Lipinski definition) is 0. The molecular formula is C60H68. The molecule has 0 saturated carbocycles. The van der Waals surface area contributed by atoms with Crippen molar-refractivity contribution in [1.82, 2.24) is 0 Å². The minimum atomic E-state index is 0.671. The first-order valence-electron chi connectivity index (χ1n) is 21.9. The van der Waals surface area contributed by atoms with Gasteiger partial charge in [0.05, 0.1) is 0 Å². The van der Waals surface area contributed by atoms with Crippen LogP contribution in [0.5, 0.6) is 0 Å². The average Bonchev–Trinajstić information content (AvgIpc) is 3.29. The van der Waals surface area contributed by atoms with Gasteiger partial charge in [-0.25, -0.2) is 0 Å². The smallest absolute Gasteiger partial charge is 0.0184 e.